The zero-order valence-corrected chi connectivity index (χ0v) is 24.7. The first kappa shape index (κ1) is 29.3. The third kappa shape index (κ3) is 17.5. The molecule has 0 aliphatic carbocycles. The van der Waals surface area contributed by atoms with Crippen LogP contribution >= 0.6 is 0 Å². The van der Waals surface area contributed by atoms with Gasteiger partial charge in [0.2, 0.25) is 0 Å². The summed E-state index contributed by atoms with van der Waals surface area (Å²) in [6.07, 6.45) is 37.3. The van der Waals surface area contributed by atoms with E-state index < -0.39 is 28.3 Å². The lowest BCUT2D eigenvalue weighted by Crippen LogP contribution is -2.12. The Labute approximate surface area is 213 Å². The third-order valence-corrected chi connectivity index (χ3v) is 16.3. The van der Waals surface area contributed by atoms with Crippen molar-refractivity contribution in [1.29, 1.82) is 0 Å². The van der Waals surface area contributed by atoms with Crippen molar-refractivity contribution in [3.05, 3.63) is 0 Å². The molecule has 3 aliphatic heterocycles. The summed E-state index contributed by atoms with van der Waals surface area (Å²) in [6, 6.07) is 0. The first-order valence-electron chi connectivity index (χ1n) is 15.9. The largest absolute Gasteiger partial charge is 0.261 e. The number of fused-ring (bicyclic) bond motifs is 27. The van der Waals surface area contributed by atoms with E-state index in [1.807, 2.05) is 0 Å². The van der Waals surface area contributed by atoms with E-state index in [4.69, 9.17) is 0 Å². The standard InChI is InChI=1S/3C10H20.2Al/c3*1-3-5-7-9-10-8-6-4-2;;/h3*1-10H2;;. The minimum absolute atomic E-state index is 0.431. The Morgan fingerprint density at radius 1 is 0.156 bits per heavy atom. The molecule has 0 amide bonds. The molecule has 0 nitrogen and oxygen atoms in total. The van der Waals surface area contributed by atoms with Gasteiger partial charge in [-0.15, -0.1) is 0 Å². The summed E-state index contributed by atoms with van der Waals surface area (Å²) in [5.41, 5.74) is 0. The smallest absolute Gasteiger partial charge is 0.0939 e. The number of rotatable bonds is 0. The highest BCUT2D eigenvalue weighted by Gasteiger charge is 2.17. The highest BCUT2D eigenvalue weighted by Crippen LogP contribution is 2.23. The van der Waals surface area contributed by atoms with Gasteiger partial charge in [0.25, 0.3) is 28.3 Å². The van der Waals surface area contributed by atoms with E-state index in [2.05, 4.69) is 0 Å². The molecular weight excluding hydrogens is 414 g/mol. The molecule has 3 aliphatic rings. The van der Waals surface area contributed by atoms with Gasteiger partial charge in [0.15, 0.2) is 0 Å². The fraction of sp³-hybridized carbons (Fsp3) is 1.00. The van der Waals surface area contributed by atoms with E-state index in [9.17, 15) is 0 Å². The Hall–Kier alpha value is 1.06. The van der Waals surface area contributed by atoms with Gasteiger partial charge >= 0.3 is 0 Å². The Kier molecular flexibility index (Phi) is 20.6. The molecule has 2 bridgehead atoms. The van der Waals surface area contributed by atoms with Crippen LogP contribution in [0, 0.1) is 0 Å². The van der Waals surface area contributed by atoms with Crippen molar-refractivity contribution in [2.24, 2.45) is 0 Å². The second-order valence-corrected chi connectivity index (χ2v) is 18.9. The van der Waals surface area contributed by atoms with Gasteiger partial charge in [0.05, 0.1) is 0 Å². The maximum atomic E-state index is 1.69. The Morgan fingerprint density at radius 2 is 0.281 bits per heavy atom. The second kappa shape index (κ2) is 22.5. The van der Waals surface area contributed by atoms with E-state index in [1.165, 1.54) is 38.5 Å². The fourth-order valence-corrected chi connectivity index (χ4v) is 13.6. The van der Waals surface area contributed by atoms with Crippen LogP contribution < -0.4 is 0 Å². The van der Waals surface area contributed by atoms with Gasteiger partial charge in [-0.3, -0.25) is 0 Å². The summed E-state index contributed by atoms with van der Waals surface area (Å²) in [5.74, 6) is 0. The van der Waals surface area contributed by atoms with Crippen molar-refractivity contribution in [2.75, 3.05) is 0 Å². The average molecular weight is 475 g/mol. The molecule has 0 N–H and O–H groups in total. The predicted molar refractivity (Wildman–Crippen MR) is 151 cm³/mol. The maximum absolute atomic E-state index is 1.69. The van der Waals surface area contributed by atoms with Crippen LogP contribution in [0.1, 0.15) is 154 Å². The van der Waals surface area contributed by atoms with E-state index in [-0.39, 0.29) is 0 Å². The van der Waals surface area contributed by atoms with E-state index >= 15 is 0 Å². The van der Waals surface area contributed by atoms with Gasteiger partial charge in [-0.25, -0.2) is 0 Å². The minimum atomic E-state index is -0.431. The minimum Gasteiger partial charge on any atom is -0.0939 e. The van der Waals surface area contributed by atoms with E-state index in [0.717, 1.165) is 0 Å². The van der Waals surface area contributed by atoms with Gasteiger partial charge in [-0.2, -0.15) is 0 Å². The van der Waals surface area contributed by atoms with E-state index in [0.29, 0.717) is 0 Å². The van der Waals surface area contributed by atoms with Gasteiger partial charge in [0.1, 0.15) is 0 Å². The predicted octanol–water partition coefficient (Wildman–Crippen LogP) is 11.4. The van der Waals surface area contributed by atoms with Crippen molar-refractivity contribution in [3.63, 3.8) is 0 Å². The summed E-state index contributed by atoms with van der Waals surface area (Å²) in [5, 5.41) is 10.1. The van der Waals surface area contributed by atoms with Crippen LogP contribution in [0.25, 0.3) is 0 Å². The molecule has 0 spiro atoms. The average Bonchev–Trinajstić information content (AvgIpc) is 2.80. The molecule has 0 aromatic carbocycles. The first-order chi connectivity index (χ1) is 15.9. The SMILES string of the molecule is C1CCCC[CH2][Al]2[CH2]CCCCCCCC[CH2][Al]([CH2]CCC1)[CH2]CCCCCCCC[CH2]2. The van der Waals surface area contributed by atoms with Crippen molar-refractivity contribution in [2.45, 2.75) is 186 Å². The Bertz CT molecular complexity index is 290. The topological polar surface area (TPSA) is 0 Å². The zero-order valence-electron chi connectivity index (χ0n) is 22.4. The molecule has 3 heterocycles. The van der Waals surface area contributed by atoms with Gasteiger partial charge < -0.3 is 0 Å². The van der Waals surface area contributed by atoms with Crippen molar-refractivity contribution in [3.8, 4) is 0 Å². The lowest BCUT2D eigenvalue weighted by atomic mass is 10.1. The summed E-state index contributed by atoms with van der Waals surface area (Å²) in [6.45, 7) is 0. The van der Waals surface area contributed by atoms with Crippen LogP contribution in [-0.4, -0.2) is 28.3 Å². The van der Waals surface area contributed by atoms with Crippen LogP contribution in [0.15, 0.2) is 0 Å². The van der Waals surface area contributed by atoms with E-state index in [1.54, 1.807) is 147 Å². The van der Waals surface area contributed by atoms with Gasteiger partial charge in [-0.1, -0.05) is 186 Å². The van der Waals surface area contributed by atoms with Gasteiger partial charge in [-0.05, 0) is 0 Å². The van der Waals surface area contributed by atoms with Crippen LogP contribution in [0.4, 0.5) is 0 Å². The normalized spacial score (nSPS) is 24.8. The lowest BCUT2D eigenvalue weighted by molar-refractivity contribution is 0.570. The highest BCUT2D eigenvalue weighted by molar-refractivity contribution is 6.59. The molecule has 3 saturated heterocycles. The monoisotopic (exact) mass is 474 g/mol. The summed E-state index contributed by atoms with van der Waals surface area (Å²) >= 11 is -0.863. The fourth-order valence-electron chi connectivity index (χ4n) is 6.65. The summed E-state index contributed by atoms with van der Waals surface area (Å²) in [4.78, 5) is 0. The molecule has 0 atom stereocenters. The molecule has 3 fully saturated rings. The van der Waals surface area contributed by atoms with Crippen molar-refractivity contribution >= 4 is 28.3 Å². The number of hydrogen-bond donors (Lipinski definition) is 0. The third-order valence-electron chi connectivity index (χ3n) is 8.92. The zero-order chi connectivity index (χ0) is 22.4. The second-order valence-electron chi connectivity index (χ2n) is 11.9. The van der Waals surface area contributed by atoms with Crippen LogP contribution in [0.2, 0.25) is 31.7 Å². The number of hydrogen-bond acceptors (Lipinski definition) is 0. The molecule has 0 aromatic heterocycles. The van der Waals surface area contributed by atoms with Crippen LogP contribution in [0.5, 0.6) is 0 Å². The van der Waals surface area contributed by atoms with Gasteiger partial charge in [0, 0.05) is 0 Å². The van der Waals surface area contributed by atoms with Crippen LogP contribution in [0.3, 0.4) is 0 Å². The molecule has 0 unspecified atom stereocenters. The molecule has 32 heavy (non-hydrogen) atoms. The quantitative estimate of drug-likeness (QED) is 0.306. The highest BCUT2D eigenvalue weighted by atomic mass is 27.2. The molecule has 0 aromatic rings. The Balaban J connectivity index is 1.86. The lowest BCUT2D eigenvalue weighted by Gasteiger charge is -2.14. The Morgan fingerprint density at radius 3 is 0.438 bits per heavy atom. The molecule has 2 heteroatoms. The molecule has 186 valence electrons. The summed E-state index contributed by atoms with van der Waals surface area (Å²) in [7, 11) is 0. The van der Waals surface area contributed by atoms with Crippen LogP contribution in [-0.2, 0) is 0 Å². The van der Waals surface area contributed by atoms with Crippen molar-refractivity contribution in [1.82, 2.24) is 0 Å². The van der Waals surface area contributed by atoms with Crippen molar-refractivity contribution < 1.29 is 0 Å². The maximum Gasteiger partial charge on any atom is 0.261 e. The molecule has 0 radical (unpaired) electrons. The molecular formula is C30H60Al2. The summed E-state index contributed by atoms with van der Waals surface area (Å²) < 4.78 is 0. The molecule has 3 rings (SSSR count). The first-order valence-corrected chi connectivity index (χ1v) is 20.8. The molecule has 0 saturated carbocycles.